The highest BCUT2D eigenvalue weighted by molar-refractivity contribution is 5.74. The summed E-state index contributed by atoms with van der Waals surface area (Å²) in [5.41, 5.74) is 0. The summed E-state index contributed by atoms with van der Waals surface area (Å²) < 4.78 is 1.55. The molecule has 0 spiro atoms. The van der Waals surface area contributed by atoms with Gasteiger partial charge in [0.05, 0.1) is 6.21 Å². The second-order valence-electron chi connectivity index (χ2n) is 1.66. The normalized spacial score (nSPS) is 10.5. The largest absolute Gasteiger partial charge is 0.293 e. The predicted octanol–water partition coefficient (Wildman–Crippen LogP) is 0.395. The summed E-state index contributed by atoms with van der Waals surface area (Å²) in [5, 5.41) is 3.66. The molecule has 1 aromatic rings. The van der Waals surface area contributed by atoms with Crippen molar-refractivity contribution in [3.8, 4) is 0 Å². The lowest BCUT2D eigenvalue weighted by Crippen LogP contribution is -1.93. The van der Waals surface area contributed by atoms with Gasteiger partial charge < -0.3 is 0 Å². The number of hydrogen-bond acceptors (Lipinski definition) is 3. The molecule has 0 aliphatic carbocycles. The molecule has 0 radical (unpaired) electrons. The summed E-state index contributed by atoms with van der Waals surface area (Å²) >= 11 is 0. The van der Waals surface area contributed by atoms with E-state index in [1.165, 1.54) is 0 Å². The first-order valence-corrected chi connectivity index (χ1v) is 2.81. The van der Waals surface area contributed by atoms with Crippen LogP contribution in [0.5, 0.6) is 0 Å². The van der Waals surface area contributed by atoms with Crippen molar-refractivity contribution in [3.05, 3.63) is 18.2 Å². The summed E-state index contributed by atoms with van der Waals surface area (Å²) in [4.78, 5) is 7.75. The summed E-state index contributed by atoms with van der Waals surface area (Å²) in [7, 11) is 1.68. The van der Waals surface area contributed by atoms with Gasteiger partial charge in [-0.1, -0.05) is 0 Å². The van der Waals surface area contributed by atoms with E-state index >= 15 is 0 Å². The van der Waals surface area contributed by atoms with Crippen LogP contribution in [-0.2, 0) is 0 Å². The van der Waals surface area contributed by atoms with Gasteiger partial charge in [0.25, 0.3) is 0 Å². The van der Waals surface area contributed by atoms with Crippen LogP contribution in [0.15, 0.2) is 22.5 Å². The van der Waals surface area contributed by atoms with E-state index in [0.29, 0.717) is 5.82 Å². The van der Waals surface area contributed by atoms with Gasteiger partial charge in [-0.25, -0.2) is 9.66 Å². The van der Waals surface area contributed by atoms with Crippen LogP contribution in [0.3, 0.4) is 0 Å². The SMILES string of the molecule is C=Nn1ccnc1/C=N\C. The third-order valence-electron chi connectivity index (χ3n) is 1.05. The van der Waals surface area contributed by atoms with Gasteiger partial charge >= 0.3 is 0 Å². The predicted molar refractivity (Wildman–Crippen MR) is 40.7 cm³/mol. The Labute approximate surface area is 58.9 Å². The van der Waals surface area contributed by atoms with Gasteiger partial charge in [0.1, 0.15) is 0 Å². The quantitative estimate of drug-likeness (QED) is 0.542. The van der Waals surface area contributed by atoms with E-state index in [2.05, 4.69) is 21.8 Å². The Morgan fingerprint density at radius 3 is 3.20 bits per heavy atom. The molecule has 0 bridgehead atoms. The Kier molecular flexibility index (Phi) is 1.94. The number of hydrogen-bond donors (Lipinski definition) is 0. The number of aromatic nitrogens is 2. The zero-order chi connectivity index (χ0) is 7.40. The van der Waals surface area contributed by atoms with E-state index in [4.69, 9.17) is 0 Å². The minimum absolute atomic E-state index is 0.692. The third kappa shape index (κ3) is 1.10. The molecule has 0 unspecified atom stereocenters. The molecular formula is C6H8N4. The third-order valence-corrected chi connectivity index (χ3v) is 1.05. The van der Waals surface area contributed by atoms with Crippen LogP contribution in [0.2, 0.25) is 0 Å². The fourth-order valence-electron chi connectivity index (χ4n) is 0.636. The molecule has 0 N–H and O–H groups in total. The molecule has 4 nitrogen and oxygen atoms in total. The average molecular weight is 136 g/mol. The first-order valence-electron chi connectivity index (χ1n) is 2.81. The van der Waals surface area contributed by atoms with Crippen LogP contribution in [0.25, 0.3) is 0 Å². The van der Waals surface area contributed by atoms with E-state index in [9.17, 15) is 0 Å². The summed E-state index contributed by atoms with van der Waals surface area (Å²) in [6.07, 6.45) is 4.98. The Morgan fingerprint density at radius 1 is 1.80 bits per heavy atom. The van der Waals surface area contributed by atoms with Crippen molar-refractivity contribution >= 4 is 12.9 Å². The van der Waals surface area contributed by atoms with Gasteiger partial charge in [0.2, 0.25) is 0 Å². The minimum Gasteiger partial charge on any atom is -0.293 e. The Hall–Kier alpha value is -1.45. The van der Waals surface area contributed by atoms with Crippen molar-refractivity contribution in [1.29, 1.82) is 0 Å². The van der Waals surface area contributed by atoms with Gasteiger partial charge in [-0.3, -0.25) is 4.99 Å². The molecule has 4 heteroatoms. The first-order chi connectivity index (χ1) is 4.88. The molecule has 0 aliphatic heterocycles. The average Bonchev–Trinajstić information content (AvgIpc) is 2.36. The molecule has 0 atom stereocenters. The van der Waals surface area contributed by atoms with Crippen molar-refractivity contribution in [2.24, 2.45) is 10.1 Å². The van der Waals surface area contributed by atoms with E-state index in [-0.39, 0.29) is 0 Å². The molecule has 52 valence electrons. The fourth-order valence-corrected chi connectivity index (χ4v) is 0.636. The molecular weight excluding hydrogens is 128 g/mol. The van der Waals surface area contributed by atoms with Crippen molar-refractivity contribution in [2.75, 3.05) is 7.05 Å². The minimum atomic E-state index is 0.692. The van der Waals surface area contributed by atoms with E-state index in [0.717, 1.165) is 0 Å². The van der Waals surface area contributed by atoms with Crippen LogP contribution >= 0.6 is 0 Å². The van der Waals surface area contributed by atoms with Crippen LogP contribution in [0, 0.1) is 0 Å². The molecule has 1 aromatic heterocycles. The maximum Gasteiger partial charge on any atom is 0.171 e. The van der Waals surface area contributed by atoms with Crippen molar-refractivity contribution in [2.45, 2.75) is 0 Å². The molecule has 10 heavy (non-hydrogen) atoms. The Bertz CT molecular complexity index is 248. The highest BCUT2D eigenvalue weighted by Crippen LogP contribution is 1.91. The van der Waals surface area contributed by atoms with Gasteiger partial charge in [-0.05, 0) is 0 Å². The second-order valence-corrected chi connectivity index (χ2v) is 1.66. The molecule has 0 saturated carbocycles. The number of rotatable bonds is 2. The molecule has 0 aliphatic rings. The van der Waals surface area contributed by atoms with Crippen molar-refractivity contribution < 1.29 is 0 Å². The smallest absolute Gasteiger partial charge is 0.171 e. The molecule has 0 fully saturated rings. The van der Waals surface area contributed by atoms with E-state index < -0.39 is 0 Å². The fraction of sp³-hybridized carbons (Fsp3) is 0.167. The topological polar surface area (TPSA) is 42.5 Å². The van der Waals surface area contributed by atoms with Gasteiger partial charge in [0.15, 0.2) is 5.82 Å². The van der Waals surface area contributed by atoms with E-state index in [1.807, 2.05) is 0 Å². The Balaban J connectivity index is 3.00. The number of imidazole rings is 1. The van der Waals surface area contributed by atoms with Crippen LogP contribution in [0.4, 0.5) is 0 Å². The Morgan fingerprint density at radius 2 is 2.60 bits per heavy atom. The molecule has 0 aromatic carbocycles. The lowest BCUT2D eigenvalue weighted by molar-refractivity contribution is 0.875. The maximum atomic E-state index is 3.96. The summed E-state index contributed by atoms with van der Waals surface area (Å²) in [6.45, 7) is 3.36. The highest BCUT2D eigenvalue weighted by atomic mass is 15.4. The van der Waals surface area contributed by atoms with Crippen molar-refractivity contribution in [3.63, 3.8) is 0 Å². The van der Waals surface area contributed by atoms with E-state index in [1.54, 1.807) is 30.3 Å². The van der Waals surface area contributed by atoms with Gasteiger partial charge in [-0.15, -0.1) is 0 Å². The summed E-state index contributed by atoms with van der Waals surface area (Å²) in [6, 6.07) is 0. The van der Waals surface area contributed by atoms with Crippen LogP contribution in [-0.4, -0.2) is 29.6 Å². The van der Waals surface area contributed by atoms with Gasteiger partial charge in [0, 0.05) is 26.2 Å². The zero-order valence-electron chi connectivity index (χ0n) is 5.73. The van der Waals surface area contributed by atoms with Gasteiger partial charge in [-0.2, -0.15) is 5.10 Å². The zero-order valence-corrected chi connectivity index (χ0v) is 5.73. The number of aliphatic imine (C=N–C) groups is 1. The standard InChI is InChI=1S/C6H8N4/c1-7-5-6-9-3-4-10(6)8-2/h3-5H,2H2,1H3/b7-5-. The highest BCUT2D eigenvalue weighted by Gasteiger charge is 1.93. The molecule has 0 saturated heterocycles. The second kappa shape index (κ2) is 2.91. The lowest BCUT2D eigenvalue weighted by Gasteiger charge is -1.90. The van der Waals surface area contributed by atoms with Crippen LogP contribution in [0.1, 0.15) is 5.82 Å². The molecule has 1 heterocycles. The summed E-state index contributed by atoms with van der Waals surface area (Å²) in [5.74, 6) is 0.692. The first kappa shape index (κ1) is 6.67. The van der Waals surface area contributed by atoms with Crippen LogP contribution < -0.4 is 0 Å². The maximum absolute atomic E-state index is 3.96. The lowest BCUT2D eigenvalue weighted by atomic mass is 10.7. The molecule has 1 rings (SSSR count). The van der Waals surface area contributed by atoms with Crippen molar-refractivity contribution in [1.82, 2.24) is 9.66 Å². The molecule has 0 amide bonds. The number of nitrogens with zero attached hydrogens (tertiary/aromatic N) is 4. The monoisotopic (exact) mass is 136 g/mol.